The first kappa shape index (κ1) is 10.0. The molecule has 0 saturated carbocycles. The summed E-state index contributed by atoms with van der Waals surface area (Å²) in [6, 6.07) is 0. The van der Waals surface area contributed by atoms with Crippen molar-refractivity contribution in [2.24, 2.45) is 5.92 Å². The lowest BCUT2D eigenvalue weighted by Gasteiger charge is -2.25. The molecule has 3 fully saturated rings. The van der Waals surface area contributed by atoms with Gasteiger partial charge in [-0.25, -0.2) is 0 Å². The fourth-order valence-corrected chi connectivity index (χ4v) is 2.90. The van der Waals surface area contributed by atoms with Gasteiger partial charge in [-0.2, -0.15) is 0 Å². The molecule has 3 unspecified atom stereocenters. The summed E-state index contributed by atoms with van der Waals surface area (Å²) >= 11 is 0. The fourth-order valence-electron chi connectivity index (χ4n) is 2.90. The van der Waals surface area contributed by atoms with Crippen LogP contribution in [0.2, 0.25) is 0 Å². The van der Waals surface area contributed by atoms with Crippen LogP contribution in [0, 0.1) is 5.92 Å². The maximum Gasteiger partial charge on any atom is 0.221 e. The van der Waals surface area contributed by atoms with Crippen LogP contribution in [0.1, 0.15) is 19.8 Å². The molecule has 3 rings (SSSR count). The van der Waals surface area contributed by atoms with E-state index >= 15 is 0 Å². The fraction of sp³-hybridized carbons (Fsp3) is 1.00. The van der Waals surface area contributed by atoms with E-state index in [1.807, 2.05) is 0 Å². The van der Waals surface area contributed by atoms with Gasteiger partial charge in [0.15, 0.2) is 0 Å². The highest BCUT2D eigenvalue weighted by Crippen LogP contribution is 2.42. The summed E-state index contributed by atoms with van der Waals surface area (Å²) in [4.78, 5) is 0. The maximum absolute atomic E-state index is 5.80. The first-order chi connectivity index (χ1) is 7.36. The minimum Gasteiger partial charge on any atom is -0.369 e. The van der Waals surface area contributed by atoms with E-state index in [-0.39, 0.29) is 12.2 Å². The molecule has 0 amide bonds. The molecule has 0 aromatic heterocycles. The Morgan fingerprint density at radius 3 is 2.73 bits per heavy atom. The minimum absolute atomic E-state index is 0.00319. The number of fused-ring (bicyclic) bond motifs is 2. The Balaban J connectivity index is 1.74. The van der Waals surface area contributed by atoms with Gasteiger partial charge in [-0.1, -0.05) is 13.3 Å². The predicted molar refractivity (Wildman–Crippen MR) is 52.5 cm³/mol. The van der Waals surface area contributed by atoms with Gasteiger partial charge < -0.3 is 18.9 Å². The summed E-state index contributed by atoms with van der Waals surface area (Å²) in [6.45, 7) is 4.84. The van der Waals surface area contributed by atoms with Gasteiger partial charge in [-0.15, -0.1) is 0 Å². The van der Waals surface area contributed by atoms with Crippen LogP contribution in [0.5, 0.6) is 0 Å². The van der Waals surface area contributed by atoms with Crippen molar-refractivity contribution in [1.29, 1.82) is 0 Å². The maximum atomic E-state index is 5.80. The second-order valence-electron chi connectivity index (χ2n) is 4.59. The molecule has 86 valence electrons. The average molecular weight is 214 g/mol. The van der Waals surface area contributed by atoms with E-state index in [1.54, 1.807) is 0 Å². The summed E-state index contributed by atoms with van der Waals surface area (Å²) < 4.78 is 22.9. The molecular weight excluding hydrogens is 196 g/mol. The molecule has 0 aromatic carbocycles. The van der Waals surface area contributed by atoms with Gasteiger partial charge >= 0.3 is 0 Å². The van der Waals surface area contributed by atoms with Crippen molar-refractivity contribution >= 4 is 0 Å². The third-order valence-corrected chi connectivity index (χ3v) is 3.60. The van der Waals surface area contributed by atoms with Crippen LogP contribution >= 0.6 is 0 Å². The molecule has 4 nitrogen and oxygen atoms in total. The summed E-state index contributed by atoms with van der Waals surface area (Å²) in [5, 5.41) is 0. The summed E-state index contributed by atoms with van der Waals surface area (Å²) in [7, 11) is 0. The van der Waals surface area contributed by atoms with Crippen molar-refractivity contribution < 1.29 is 18.9 Å². The standard InChI is InChI=1S/C11H18O4/c1-2-3-8-6-12-10-9(8)13-7-11(10)14-4-5-15-11/h8-10H,2-7H2,1H3. The van der Waals surface area contributed by atoms with Crippen LogP contribution in [0.25, 0.3) is 0 Å². The molecule has 3 heterocycles. The zero-order valence-corrected chi connectivity index (χ0v) is 9.11. The first-order valence-electron chi connectivity index (χ1n) is 5.87. The van der Waals surface area contributed by atoms with Crippen molar-refractivity contribution in [2.75, 3.05) is 26.4 Å². The third-order valence-electron chi connectivity index (χ3n) is 3.60. The van der Waals surface area contributed by atoms with Crippen LogP contribution in [0.15, 0.2) is 0 Å². The molecule has 3 saturated heterocycles. The highest BCUT2D eigenvalue weighted by Gasteiger charge is 2.59. The molecule has 3 aliphatic rings. The quantitative estimate of drug-likeness (QED) is 0.685. The lowest BCUT2D eigenvalue weighted by Crippen LogP contribution is -2.44. The molecule has 15 heavy (non-hydrogen) atoms. The molecule has 0 bridgehead atoms. The van der Waals surface area contributed by atoms with Crippen molar-refractivity contribution in [2.45, 2.75) is 37.8 Å². The smallest absolute Gasteiger partial charge is 0.221 e. The zero-order valence-electron chi connectivity index (χ0n) is 9.11. The van der Waals surface area contributed by atoms with Crippen LogP contribution in [0.4, 0.5) is 0 Å². The lowest BCUT2D eigenvalue weighted by atomic mass is 9.95. The number of hydrogen-bond acceptors (Lipinski definition) is 4. The van der Waals surface area contributed by atoms with Gasteiger partial charge in [-0.3, -0.25) is 0 Å². The SMILES string of the molecule is CCCC1COC2C1OCC21OCCO1. The normalized spacial score (nSPS) is 42.6. The van der Waals surface area contributed by atoms with Gasteiger partial charge in [0.05, 0.1) is 25.9 Å². The Labute approximate surface area is 89.8 Å². The predicted octanol–water partition coefficient (Wildman–Crippen LogP) is 0.943. The van der Waals surface area contributed by atoms with E-state index < -0.39 is 5.79 Å². The number of hydrogen-bond donors (Lipinski definition) is 0. The van der Waals surface area contributed by atoms with Crippen LogP contribution in [0.3, 0.4) is 0 Å². The summed E-state index contributed by atoms with van der Waals surface area (Å²) in [5.41, 5.74) is 0. The highest BCUT2D eigenvalue weighted by atomic mass is 16.8. The average Bonchev–Trinajstić information content (AvgIpc) is 2.89. The molecule has 3 aliphatic heterocycles. The van der Waals surface area contributed by atoms with Gasteiger partial charge in [0, 0.05) is 5.92 Å². The molecule has 0 aromatic rings. The van der Waals surface area contributed by atoms with Gasteiger partial charge in [0.25, 0.3) is 0 Å². The van der Waals surface area contributed by atoms with Crippen molar-refractivity contribution in [3.05, 3.63) is 0 Å². The zero-order chi connectivity index (χ0) is 10.3. The van der Waals surface area contributed by atoms with Gasteiger partial charge in [0.1, 0.15) is 12.7 Å². The monoisotopic (exact) mass is 214 g/mol. The minimum atomic E-state index is -0.576. The third kappa shape index (κ3) is 1.43. The van der Waals surface area contributed by atoms with Crippen molar-refractivity contribution in [3.63, 3.8) is 0 Å². The number of ether oxygens (including phenoxy) is 4. The Morgan fingerprint density at radius 2 is 2.00 bits per heavy atom. The van der Waals surface area contributed by atoms with Gasteiger partial charge in [0.2, 0.25) is 5.79 Å². The van der Waals surface area contributed by atoms with Crippen LogP contribution < -0.4 is 0 Å². The molecule has 0 N–H and O–H groups in total. The van der Waals surface area contributed by atoms with Crippen molar-refractivity contribution in [1.82, 2.24) is 0 Å². The van der Waals surface area contributed by atoms with E-state index in [2.05, 4.69) is 6.92 Å². The second-order valence-corrected chi connectivity index (χ2v) is 4.59. The molecule has 0 radical (unpaired) electrons. The van der Waals surface area contributed by atoms with Gasteiger partial charge in [-0.05, 0) is 6.42 Å². The highest BCUT2D eigenvalue weighted by molar-refractivity contribution is 5.01. The topological polar surface area (TPSA) is 36.9 Å². The Morgan fingerprint density at radius 1 is 1.20 bits per heavy atom. The Hall–Kier alpha value is -0.160. The molecule has 1 spiro atoms. The summed E-state index contributed by atoms with van der Waals surface area (Å²) in [5.74, 6) is -0.0557. The molecule has 3 atom stereocenters. The second kappa shape index (κ2) is 3.70. The van der Waals surface area contributed by atoms with E-state index in [9.17, 15) is 0 Å². The van der Waals surface area contributed by atoms with E-state index in [0.29, 0.717) is 25.7 Å². The van der Waals surface area contributed by atoms with E-state index in [4.69, 9.17) is 18.9 Å². The molecule has 0 aliphatic carbocycles. The largest absolute Gasteiger partial charge is 0.369 e. The lowest BCUT2D eigenvalue weighted by molar-refractivity contribution is -0.206. The van der Waals surface area contributed by atoms with Crippen molar-refractivity contribution in [3.8, 4) is 0 Å². The summed E-state index contributed by atoms with van der Waals surface area (Å²) in [6.07, 6.45) is 2.52. The number of rotatable bonds is 2. The van der Waals surface area contributed by atoms with Crippen LogP contribution in [-0.4, -0.2) is 44.4 Å². The Kier molecular flexibility index (Phi) is 2.47. The molecule has 4 heteroatoms. The van der Waals surface area contributed by atoms with E-state index in [1.165, 1.54) is 6.42 Å². The van der Waals surface area contributed by atoms with Crippen LogP contribution in [-0.2, 0) is 18.9 Å². The Bertz CT molecular complexity index is 237. The first-order valence-corrected chi connectivity index (χ1v) is 5.87. The van der Waals surface area contributed by atoms with E-state index in [0.717, 1.165) is 13.0 Å². The molecular formula is C11H18O4.